The number of hydrogen-bond acceptors (Lipinski definition) is 7. The number of aromatic amines is 1. The number of nitrogens with one attached hydrogen (secondary N) is 1. The molecule has 1 aliphatic carbocycles. The Morgan fingerprint density at radius 2 is 2.00 bits per heavy atom. The van der Waals surface area contributed by atoms with Crippen LogP contribution in [-0.2, 0) is 19.6 Å². The summed E-state index contributed by atoms with van der Waals surface area (Å²) in [5.74, 6) is 1.58. The van der Waals surface area contributed by atoms with Crippen molar-refractivity contribution in [3.63, 3.8) is 0 Å². The highest BCUT2D eigenvalue weighted by molar-refractivity contribution is 5.80. The van der Waals surface area contributed by atoms with E-state index in [1.54, 1.807) is 13.3 Å². The zero-order chi connectivity index (χ0) is 23.3. The van der Waals surface area contributed by atoms with Crippen LogP contribution in [0, 0.1) is 0 Å². The van der Waals surface area contributed by atoms with Crippen LogP contribution in [-0.4, -0.2) is 42.2 Å². The maximum absolute atomic E-state index is 12.9. The average Bonchev–Trinajstić information content (AvgIpc) is 3.33. The Hall–Kier alpha value is -3.59. The number of aromatic nitrogens is 6. The van der Waals surface area contributed by atoms with Gasteiger partial charge < -0.3 is 9.72 Å². The van der Waals surface area contributed by atoms with Crippen molar-refractivity contribution in [3.05, 3.63) is 76.1 Å². The first kappa shape index (κ1) is 22.2. The second-order valence-corrected chi connectivity index (χ2v) is 8.91. The van der Waals surface area contributed by atoms with Gasteiger partial charge in [0.05, 0.1) is 19.7 Å². The zero-order valence-electron chi connectivity index (χ0n) is 19.4. The third-order valence-electron chi connectivity index (χ3n) is 6.50. The number of pyridine rings is 2. The van der Waals surface area contributed by atoms with Gasteiger partial charge in [-0.2, -0.15) is 0 Å². The van der Waals surface area contributed by atoms with Crippen molar-refractivity contribution in [2.75, 3.05) is 7.11 Å². The molecule has 3 heterocycles. The molecule has 1 fully saturated rings. The van der Waals surface area contributed by atoms with Crippen molar-refractivity contribution >= 4 is 10.9 Å². The molecule has 9 nitrogen and oxygen atoms in total. The van der Waals surface area contributed by atoms with Crippen LogP contribution >= 0.6 is 0 Å². The Balaban J connectivity index is 1.44. The number of rotatable bonds is 8. The Morgan fingerprint density at radius 1 is 1.12 bits per heavy atom. The predicted molar refractivity (Wildman–Crippen MR) is 128 cm³/mol. The Bertz CT molecular complexity index is 1300. The van der Waals surface area contributed by atoms with Crippen molar-refractivity contribution in [3.8, 4) is 5.75 Å². The molecule has 1 saturated carbocycles. The maximum Gasteiger partial charge on any atom is 0.252 e. The molecule has 1 aliphatic rings. The first-order valence-electron chi connectivity index (χ1n) is 11.8. The largest absolute Gasteiger partial charge is 0.497 e. The second-order valence-electron chi connectivity index (χ2n) is 8.91. The first-order valence-corrected chi connectivity index (χ1v) is 11.8. The molecule has 5 rings (SSSR count). The van der Waals surface area contributed by atoms with Crippen molar-refractivity contribution in [1.82, 2.24) is 35.1 Å². The molecule has 176 valence electrons. The van der Waals surface area contributed by atoms with E-state index in [4.69, 9.17) is 4.74 Å². The molecule has 0 spiro atoms. The molecule has 0 bridgehead atoms. The number of hydrogen-bond donors (Lipinski definition) is 1. The minimum atomic E-state index is -0.0966. The van der Waals surface area contributed by atoms with Crippen LogP contribution in [0.3, 0.4) is 0 Å². The molecule has 0 amide bonds. The zero-order valence-corrected chi connectivity index (χ0v) is 19.4. The Labute approximate surface area is 197 Å². The minimum Gasteiger partial charge on any atom is -0.497 e. The van der Waals surface area contributed by atoms with Crippen LogP contribution in [0.2, 0.25) is 0 Å². The normalized spacial score (nSPS) is 14.6. The molecule has 0 unspecified atom stereocenters. The monoisotopic (exact) mass is 459 g/mol. The average molecular weight is 460 g/mol. The van der Waals surface area contributed by atoms with Crippen LogP contribution in [0.5, 0.6) is 5.75 Å². The van der Waals surface area contributed by atoms with Crippen molar-refractivity contribution in [2.24, 2.45) is 0 Å². The van der Waals surface area contributed by atoms with E-state index in [0.717, 1.165) is 40.9 Å². The fourth-order valence-corrected chi connectivity index (χ4v) is 4.76. The molecule has 0 aliphatic heterocycles. The third-order valence-corrected chi connectivity index (χ3v) is 6.50. The SMILES string of the molecule is COc1ccc2[nH]c(=O)c(CN(Cc3cccnc3)Cc3nnnn3C3CCCCC3)cc2c1. The van der Waals surface area contributed by atoms with Gasteiger partial charge in [0.2, 0.25) is 0 Å². The van der Waals surface area contributed by atoms with Crippen molar-refractivity contribution < 1.29 is 4.74 Å². The molecular formula is C25H29N7O2. The van der Waals surface area contributed by atoms with E-state index in [1.807, 2.05) is 47.3 Å². The molecule has 0 atom stereocenters. The lowest BCUT2D eigenvalue weighted by Gasteiger charge is -2.25. The smallest absolute Gasteiger partial charge is 0.252 e. The van der Waals surface area contributed by atoms with Gasteiger partial charge in [-0.05, 0) is 59.2 Å². The summed E-state index contributed by atoms with van der Waals surface area (Å²) < 4.78 is 7.35. The molecule has 9 heteroatoms. The van der Waals surface area contributed by atoms with Crippen LogP contribution in [0.15, 0.2) is 53.6 Å². The summed E-state index contributed by atoms with van der Waals surface area (Å²) in [6, 6.07) is 11.9. The molecule has 1 aromatic carbocycles. The molecule has 34 heavy (non-hydrogen) atoms. The summed E-state index contributed by atoms with van der Waals surface area (Å²) >= 11 is 0. The van der Waals surface area contributed by atoms with Gasteiger partial charge in [-0.1, -0.05) is 25.3 Å². The standard InChI is InChI=1S/C25H29N7O2/c1-34-22-9-10-23-19(13-22)12-20(25(33)27-23)16-31(15-18-6-5-11-26-14-18)17-24-28-29-30-32(24)21-7-3-2-4-8-21/h5-6,9-14,21H,2-4,7-8,15-17H2,1H3,(H,27,33). The number of nitrogens with zero attached hydrogens (tertiary/aromatic N) is 6. The molecule has 0 radical (unpaired) electrons. The lowest BCUT2D eigenvalue weighted by molar-refractivity contribution is 0.225. The fourth-order valence-electron chi connectivity index (χ4n) is 4.76. The van der Waals surface area contributed by atoms with E-state index in [1.165, 1.54) is 19.3 Å². The summed E-state index contributed by atoms with van der Waals surface area (Å²) in [5, 5.41) is 13.6. The fraction of sp³-hybridized carbons (Fsp3) is 0.400. The first-order chi connectivity index (χ1) is 16.7. The third kappa shape index (κ3) is 4.99. The summed E-state index contributed by atoms with van der Waals surface area (Å²) in [7, 11) is 1.64. The summed E-state index contributed by atoms with van der Waals surface area (Å²) in [6.45, 7) is 1.61. The number of fused-ring (bicyclic) bond motifs is 1. The Kier molecular flexibility index (Phi) is 6.62. The number of tetrazole rings is 1. The van der Waals surface area contributed by atoms with Crippen molar-refractivity contribution in [1.29, 1.82) is 0 Å². The molecule has 1 N–H and O–H groups in total. The predicted octanol–water partition coefficient (Wildman–Crippen LogP) is 3.63. The highest BCUT2D eigenvalue weighted by Crippen LogP contribution is 2.28. The lowest BCUT2D eigenvalue weighted by Crippen LogP contribution is -2.29. The number of H-pyrrole nitrogens is 1. The topological polar surface area (TPSA) is 102 Å². The van der Waals surface area contributed by atoms with E-state index >= 15 is 0 Å². The quantitative estimate of drug-likeness (QED) is 0.429. The highest BCUT2D eigenvalue weighted by Gasteiger charge is 2.22. The summed E-state index contributed by atoms with van der Waals surface area (Å²) in [6.07, 6.45) is 9.51. The Morgan fingerprint density at radius 3 is 2.79 bits per heavy atom. The second kappa shape index (κ2) is 10.1. The van der Waals surface area contributed by atoms with Gasteiger partial charge in [0.15, 0.2) is 5.82 Å². The van der Waals surface area contributed by atoms with E-state index in [9.17, 15) is 4.79 Å². The van der Waals surface area contributed by atoms with Crippen LogP contribution in [0.25, 0.3) is 10.9 Å². The van der Waals surface area contributed by atoms with E-state index in [2.05, 4.69) is 30.4 Å². The van der Waals surface area contributed by atoms with Crippen molar-refractivity contribution in [2.45, 2.75) is 57.8 Å². The lowest BCUT2D eigenvalue weighted by atomic mass is 9.95. The van der Waals surface area contributed by atoms with Crippen LogP contribution < -0.4 is 10.3 Å². The summed E-state index contributed by atoms with van der Waals surface area (Å²) in [4.78, 5) is 22.4. The molecular weight excluding hydrogens is 430 g/mol. The van der Waals surface area contributed by atoms with Gasteiger partial charge in [-0.25, -0.2) is 4.68 Å². The maximum atomic E-state index is 12.9. The van der Waals surface area contributed by atoms with Gasteiger partial charge in [-0.3, -0.25) is 14.7 Å². The van der Waals surface area contributed by atoms with E-state index in [0.29, 0.717) is 31.2 Å². The van der Waals surface area contributed by atoms with Crippen LogP contribution in [0.4, 0.5) is 0 Å². The van der Waals surface area contributed by atoms with Gasteiger partial charge in [0, 0.05) is 41.9 Å². The van der Waals surface area contributed by atoms with Crippen LogP contribution in [0.1, 0.15) is 55.1 Å². The van der Waals surface area contributed by atoms with Gasteiger partial charge >= 0.3 is 0 Å². The number of methoxy groups -OCH3 is 1. The number of ether oxygens (including phenoxy) is 1. The van der Waals surface area contributed by atoms with E-state index < -0.39 is 0 Å². The van der Waals surface area contributed by atoms with Gasteiger partial charge in [0.25, 0.3) is 5.56 Å². The number of benzene rings is 1. The summed E-state index contributed by atoms with van der Waals surface area (Å²) in [5.41, 5.74) is 2.44. The van der Waals surface area contributed by atoms with Gasteiger partial charge in [0.1, 0.15) is 5.75 Å². The minimum absolute atomic E-state index is 0.0966. The molecule has 0 saturated heterocycles. The van der Waals surface area contributed by atoms with Gasteiger partial charge in [-0.15, -0.1) is 5.10 Å². The molecule has 4 aromatic rings. The molecule has 3 aromatic heterocycles. The highest BCUT2D eigenvalue weighted by atomic mass is 16.5. The van der Waals surface area contributed by atoms with E-state index in [-0.39, 0.29) is 5.56 Å².